The van der Waals surface area contributed by atoms with E-state index in [4.69, 9.17) is 9.47 Å². The Hall–Kier alpha value is -0.580. The van der Waals surface area contributed by atoms with Crippen LogP contribution in [0.15, 0.2) is 22.7 Å². The predicted octanol–water partition coefficient (Wildman–Crippen LogP) is 3.53. The fourth-order valence-corrected chi connectivity index (χ4v) is 2.06. The van der Waals surface area contributed by atoms with Crippen molar-refractivity contribution < 1.29 is 9.47 Å². The molecule has 0 bridgehead atoms. The molecular formula is C14H22BrNO2. The van der Waals surface area contributed by atoms with Gasteiger partial charge in [-0.3, -0.25) is 0 Å². The summed E-state index contributed by atoms with van der Waals surface area (Å²) in [6.07, 6.45) is 0.0935. The monoisotopic (exact) mass is 315 g/mol. The zero-order valence-corrected chi connectivity index (χ0v) is 13.1. The van der Waals surface area contributed by atoms with Gasteiger partial charge in [-0.2, -0.15) is 0 Å². The van der Waals surface area contributed by atoms with Crippen molar-refractivity contribution in [1.29, 1.82) is 0 Å². The Morgan fingerprint density at radius 2 is 2.06 bits per heavy atom. The van der Waals surface area contributed by atoms with E-state index >= 15 is 0 Å². The van der Waals surface area contributed by atoms with Crippen LogP contribution in [0.2, 0.25) is 0 Å². The van der Waals surface area contributed by atoms with Crippen LogP contribution in [0.1, 0.15) is 32.4 Å². The summed E-state index contributed by atoms with van der Waals surface area (Å²) in [4.78, 5) is 0. The number of methoxy groups -OCH3 is 1. The highest BCUT2D eigenvalue weighted by atomic mass is 79.9. The fraction of sp³-hybridized carbons (Fsp3) is 0.571. The number of benzene rings is 1. The molecule has 0 saturated carbocycles. The van der Waals surface area contributed by atoms with Gasteiger partial charge in [0.25, 0.3) is 0 Å². The van der Waals surface area contributed by atoms with E-state index in [2.05, 4.69) is 41.2 Å². The maximum atomic E-state index is 5.83. The Morgan fingerprint density at radius 3 is 2.67 bits per heavy atom. The Labute approximate surface area is 118 Å². The lowest BCUT2D eigenvalue weighted by atomic mass is 10.1. The first kappa shape index (κ1) is 15.5. The highest BCUT2D eigenvalue weighted by Gasteiger charge is 2.12. The maximum Gasteiger partial charge on any atom is 0.124 e. The van der Waals surface area contributed by atoms with Crippen molar-refractivity contribution in [2.45, 2.75) is 32.9 Å². The largest absolute Gasteiger partial charge is 0.491 e. The summed E-state index contributed by atoms with van der Waals surface area (Å²) >= 11 is 3.50. The van der Waals surface area contributed by atoms with E-state index < -0.39 is 0 Å². The molecule has 4 heteroatoms. The number of rotatable bonds is 7. The number of nitrogens with one attached hydrogen (secondary N) is 1. The molecule has 1 N–H and O–H groups in total. The standard InChI is InChI=1S/C14H22BrNO2/c1-5-16-11(3)13-8-12(15)6-7-14(13)18-9-10(2)17-4/h6-8,10-11,16H,5,9H2,1-4H3. The minimum absolute atomic E-state index is 0.0935. The molecule has 0 amide bonds. The van der Waals surface area contributed by atoms with Gasteiger partial charge in [0.1, 0.15) is 12.4 Å². The van der Waals surface area contributed by atoms with Crippen LogP contribution in [-0.2, 0) is 4.74 Å². The molecule has 0 aliphatic heterocycles. The summed E-state index contributed by atoms with van der Waals surface area (Å²) in [5.41, 5.74) is 1.16. The van der Waals surface area contributed by atoms with Crippen molar-refractivity contribution in [3.8, 4) is 5.75 Å². The first-order valence-corrected chi connectivity index (χ1v) is 7.06. The first-order valence-electron chi connectivity index (χ1n) is 6.26. The second-order valence-corrected chi connectivity index (χ2v) is 5.23. The molecule has 18 heavy (non-hydrogen) atoms. The van der Waals surface area contributed by atoms with Crippen LogP contribution in [0.5, 0.6) is 5.75 Å². The zero-order valence-electron chi connectivity index (χ0n) is 11.5. The molecule has 0 aliphatic carbocycles. The first-order chi connectivity index (χ1) is 8.58. The van der Waals surface area contributed by atoms with Gasteiger partial charge >= 0.3 is 0 Å². The van der Waals surface area contributed by atoms with Crippen LogP contribution in [0.25, 0.3) is 0 Å². The number of ether oxygens (including phenoxy) is 2. The minimum Gasteiger partial charge on any atom is -0.491 e. The van der Waals surface area contributed by atoms with Gasteiger partial charge in [0.2, 0.25) is 0 Å². The van der Waals surface area contributed by atoms with Crippen LogP contribution in [0.3, 0.4) is 0 Å². The lowest BCUT2D eigenvalue weighted by molar-refractivity contribution is 0.0711. The Balaban J connectivity index is 2.82. The van der Waals surface area contributed by atoms with Crippen molar-refractivity contribution >= 4 is 15.9 Å². The van der Waals surface area contributed by atoms with E-state index in [0.29, 0.717) is 6.61 Å². The van der Waals surface area contributed by atoms with E-state index in [1.165, 1.54) is 0 Å². The molecule has 0 spiro atoms. The van der Waals surface area contributed by atoms with Gasteiger partial charge in [0, 0.05) is 23.2 Å². The predicted molar refractivity (Wildman–Crippen MR) is 78.2 cm³/mol. The number of halogens is 1. The third-order valence-electron chi connectivity index (χ3n) is 2.82. The Bertz CT molecular complexity index is 371. The Morgan fingerprint density at radius 1 is 1.33 bits per heavy atom. The summed E-state index contributed by atoms with van der Waals surface area (Å²) in [6, 6.07) is 6.35. The van der Waals surface area contributed by atoms with Crippen LogP contribution < -0.4 is 10.1 Å². The van der Waals surface area contributed by atoms with Gasteiger partial charge in [-0.05, 0) is 38.6 Å². The van der Waals surface area contributed by atoms with Gasteiger partial charge < -0.3 is 14.8 Å². The molecule has 3 nitrogen and oxygen atoms in total. The van der Waals surface area contributed by atoms with Crippen LogP contribution in [0, 0.1) is 0 Å². The van der Waals surface area contributed by atoms with Crippen molar-refractivity contribution in [3.63, 3.8) is 0 Å². The van der Waals surface area contributed by atoms with Crippen molar-refractivity contribution in [2.24, 2.45) is 0 Å². The molecule has 0 fully saturated rings. The second kappa shape index (κ2) is 7.77. The highest BCUT2D eigenvalue weighted by molar-refractivity contribution is 9.10. The summed E-state index contributed by atoms with van der Waals surface area (Å²) in [5, 5.41) is 3.40. The van der Waals surface area contributed by atoms with Crippen LogP contribution in [-0.4, -0.2) is 26.4 Å². The summed E-state index contributed by atoms with van der Waals surface area (Å²) in [6.45, 7) is 7.72. The highest BCUT2D eigenvalue weighted by Crippen LogP contribution is 2.28. The van der Waals surface area contributed by atoms with E-state index in [1.807, 2.05) is 19.1 Å². The van der Waals surface area contributed by atoms with Gasteiger partial charge in [-0.15, -0.1) is 0 Å². The quantitative estimate of drug-likeness (QED) is 0.835. The fourth-order valence-electron chi connectivity index (χ4n) is 1.68. The van der Waals surface area contributed by atoms with Gasteiger partial charge in [-0.1, -0.05) is 22.9 Å². The third-order valence-corrected chi connectivity index (χ3v) is 3.32. The molecule has 0 aliphatic rings. The van der Waals surface area contributed by atoms with E-state index in [9.17, 15) is 0 Å². The van der Waals surface area contributed by atoms with Crippen LogP contribution in [0.4, 0.5) is 0 Å². The molecule has 0 saturated heterocycles. The molecule has 0 aromatic heterocycles. The molecule has 1 aromatic carbocycles. The molecule has 2 atom stereocenters. The lowest BCUT2D eigenvalue weighted by Crippen LogP contribution is -2.20. The molecule has 1 aromatic rings. The molecule has 102 valence electrons. The minimum atomic E-state index is 0.0935. The molecule has 2 unspecified atom stereocenters. The molecule has 0 radical (unpaired) electrons. The van der Waals surface area contributed by atoms with Crippen molar-refractivity contribution in [2.75, 3.05) is 20.3 Å². The van der Waals surface area contributed by atoms with Gasteiger partial charge in [0.15, 0.2) is 0 Å². The number of hydrogen-bond acceptors (Lipinski definition) is 3. The average Bonchev–Trinajstić information content (AvgIpc) is 2.37. The van der Waals surface area contributed by atoms with E-state index in [0.717, 1.165) is 22.3 Å². The molecule has 0 heterocycles. The maximum absolute atomic E-state index is 5.83. The second-order valence-electron chi connectivity index (χ2n) is 4.32. The summed E-state index contributed by atoms with van der Waals surface area (Å²) < 4.78 is 12.1. The molecular weight excluding hydrogens is 294 g/mol. The van der Waals surface area contributed by atoms with E-state index in [-0.39, 0.29) is 12.1 Å². The topological polar surface area (TPSA) is 30.5 Å². The average molecular weight is 316 g/mol. The summed E-state index contributed by atoms with van der Waals surface area (Å²) in [7, 11) is 1.69. The van der Waals surface area contributed by atoms with E-state index in [1.54, 1.807) is 7.11 Å². The van der Waals surface area contributed by atoms with Gasteiger partial charge in [-0.25, -0.2) is 0 Å². The normalized spacial score (nSPS) is 14.3. The third kappa shape index (κ3) is 4.59. The van der Waals surface area contributed by atoms with Crippen LogP contribution >= 0.6 is 15.9 Å². The van der Waals surface area contributed by atoms with Gasteiger partial charge in [0.05, 0.1) is 6.10 Å². The molecule has 1 rings (SSSR count). The summed E-state index contributed by atoms with van der Waals surface area (Å²) in [5.74, 6) is 0.913. The van der Waals surface area contributed by atoms with Crippen molar-refractivity contribution in [1.82, 2.24) is 5.32 Å². The zero-order chi connectivity index (χ0) is 13.5. The Kier molecular flexibility index (Phi) is 6.68. The smallest absolute Gasteiger partial charge is 0.124 e. The SMILES string of the molecule is CCNC(C)c1cc(Br)ccc1OCC(C)OC. The number of hydrogen-bond donors (Lipinski definition) is 1. The lowest BCUT2D eigenvalue weighted by Gasteiger charge is -2.19. The van der Waals surface area contributed by atoms with Crippen molar-refractivity contribution in [3.05, 3.63) is 28.2 Å².